The predicted octanol–water partition coefficient (Wildman–Crippen LogP) is 3.21. The molecule has 2 aromatic heterocycles. The third kappa shape index (κ3) is 1.60. The van der Waals surface area contributed by atoms with Crippen LogP contribution in [0.15, 0.2) is 30.5 Å². The van der Waals surface area contributed by atoms with E-state index in [2.05, 4.69) is 34.4 Å². The first-order valence-corrected chi connectivity index (χ1v) is 7.06. The first kappa shape index (κ1) is 11.7. The van der Waals surface area contributed by atoms with Gasteiger partial charge in [-0.3, -0.25) is 4.98 Å². The van der Waals surface area contributed by atoms with Crippen LogP contribution in [0.4, 0.5) is 5.95 Å². The molecule has 102 valence electrons. The van der Waals surface area contributed by atoms with Gasteiger partial charge in [0.25, 0.3) is 0 Å². The fraction of sp³-hybridized carbons (Fsp3) is 0.375. The quantitative estimate of drug-likeness (QED) is 0.774. The average Bonchev–Trinajstić information content (AvgIpc) is 2.88. The molecule has 4 heteroatoms. The summed E-state index contributed by atoms with van der Waals surface area (Å²) in [5, 5.41) is 1.13. The van der Waals surface area contributed by atoms with Crippen molar-refractivity contribution in [2.75, 3.05) is 5.73 Å². The van der Waals surface area contributed by atoms with Crippen LogP contribution in [0.25, 0.3) is 21.9 Å². The van der Waals surface area contributed by atoms with Gasteiger partial charge < -0.3 is 10.3 Å². The standard InChI is InChI=1S/C16H18N4/c1-16(2)7-10(16)9-20-14-11-5-3-4-6-12(11)18-8-13(14)19-15(20)17/h3-6,8,10H,7,9H2,1-2H3,(H2,17,19). The lowest BCUT2D eigenvalue weighted by Crippen LogP contribution is -2.07. The molecule has 2 heterocycles. The van der Waals surface area contributed by atoms with Gasteiger partial charge in [-0.25, -0.2) is 4.98 Å². The molecule has 1 aliphatic rings. The Morgan fingerprint density at radius 3 is 2.80 bits per heavy atom. The van der Waals surface area contributed by atoms with E-state index < -0.39 is 0 Å². The largest absolute Gasteiger partial charge is 0.369 e. The summed E-state index contributed by atoms with van der Waals surface area (Å²) in [4.78, 5) is 8.93. The van der Waals surface area contributed by atoms with Gasteiger partial charge in [-0.1, -0.05) is 32.0 Å². The molecule has 1 atom stereocenters. The van der Waals surface area contributed by atoms with Gasteiger partial charge in [0.05, 0.1) is 17.2 Å². The minimum Gasteiger partial charge on any atom is -0.369 e. The molecule has 0 bridgehead atoms. The number of benzene rings is 1. The van der Waals surface area contributed by atoms with Crippen LogP contribution >= 0.6 is 0 Å². The number of aromatic nitrogens is 3. The van der Waals surface area contributed by atoms with E-state index in [9.17, 15) is 0 Å². The first-order chi connectivity index (χ1) is 9.56. The number of rotatable bonds is 2. The zero-order valence-corrected chi connectivity index (χ0v) is 11.8. The Hall–Kier alpha value is -2.10. The van der Waals surface area contributed by atoms with E-state index in [0.717, 1.165) is 28.5 Å². The molecule has 0 spiro atoms. The average molecular weight is 266 g/mol. The molecule has 1 aliphatic carbocycles. The third-order valence-electron chi connectivity index (χ3n) is 4.63. The van der Waals surface area contributed by atoms with Crippen LogP contribution < -0.4 is 5.73 Å². The Kier molecular flexibility index (Phi) is 2.18. The van der Waals surface area contributed by atoms with Crippen molar-refractivity contribution in [1.29, 1.82) is 0 Å². The lowest BCUT2D eigenvalue weighted by Gasteiger charge is -2.09. The molecule has 1 fully saturated rings. The van der Waals surface area contributed by atoms with Crippen LogP contribution in [0, 0.1) is 11.3 Å². The van der Waals surface area contributed by atoms with Gasteiger partial charge in [-0.15, -0.1) is 0 Å². The molecule has 0 radical (unpaired) electrons. The highest BCUT2D eigenvalue weighted by Gasteiger charge is 2.45. The summed E-state index contributed by atoms with van der Waals surface area (Å²) in [5.41, 5.74) is 9.58. The van der Waals surface area contributed by atoms with Crippen molar-refractivity contribution >= 4 is 27.9 Å². The smallest absolute Gasteiger partial charge is 0.201 e. The van der Waals surface area contributed by atoms with Crippen molar-refractivity contribution < 1.29 is 0 Å². The number of imidazole rings is 1. The van der Waals surface area contributed by atoms with E-state index in [1.807, 2.05) is 24.4 Å². The minimum absolute atomic E-state index is 0.436. The van der Waals surface area contributed by atoms with Crippen LogP contribution in [0.3, 0.4) is 0 Å². The molecule has 1 aromatic carbocycles. The van der Waals surface area contributed by atoms with Crippen LogP contribution in [0.2, 0.25) is 0 Å². The fourth-order valence-corrected chi connectivity index (χ4v) is 3.07. The zero-order chi connectivity index (χ0) is 13.9. The number of hydrogen-bond acceptors (Lipinski definition) is 3. The summed E-state index contributed by atoms with van der Waals surface area (Å²) in [6, 6.07) is 8.18. The summed E-state index contributed by atoms with van der Waals surface area (Å²) in [6.45, 7) is 5.57. The highest BCUT2D eigenvalue weighted by molar-refractivity contribution is 6.02. The van der Waals surface area contributed by atoms with Crippen molar-refractivity contribution in [3.05, 3.63) is 30.5 Å². The highest BCUT2D eigenvalue weighted by Crippen LogP contribution is 2.53. The Labute approximate surface area is 117 Å². The SMILES string of the molecule is CC1(C)CC1Cn1c(N)nc2cnc3ccccc3c21. The second kappa shape index (κ2) is 3.72. The van der Waals surface area contributed by atoms with E-state index in [0.29, 0.717) is 17.3 Å². The Balaban J connectivity index is 1.94. The van der Waals surface area contributed by atoms with Gasteiger partial charge in [-0.05, 0) is 23.8 Å². The molecule has 0 saturated heterocycles. The van der Waals surface area contributed by atoms with E-state index in [1.54, 1.807) is 0 Å². The van der Waals surface area contributed by atoms with Crippen molar-refractivity contribution in [3.8, 4) is 0 Å². The third-order valence-corrected chi connectivity index (χ3v) is 4.63. The number of nitrogen functional groups attached to an aromatic ring is 1. The molecule has 2 N–H and O–H groups in total. The maximum atomic E-state index is 6.13. The molecule has 4 nitrogen and oxygen atoms in total. The Morgan fingerprint density at radius 1 is 1.30 bits per heavy atom. The molecule has 0 aliphatic heterocycles. The number of hydrogen-bond donors (Lipinski definition) is 1. The van der Waals surface area contributed by atoms with Crippen molar-refractivity contribution in [2.24, 2.45) is 11.3 Å². The highest BCUT2D eigenvalue weighted by atomic mass is 15.2. The molecule has 4 rings (SSSR count). The maximum Gasteiger partial charge on any atom is 0.201 e. The van der Waals surface area contributed by atoms with Crippen LogP contribution in [-0.2, 0) is 6.54 Å². The second-order valence-electron chi connectivity index (χ2n) is 6.48. The molecule has 0 amide bonds. The molecule has 20 heavy (non-hydrogen) atoms. The number of anilines is 1. The van der Waals surface area contributed by atoms with Crippen molar-refractivity contribution in [2.45, 2.75) is 26.8 Å². The number of para-hydroxylation sites is 1. The summed E-state index contributed by atoms with van der Waals surface area (Å²) < 4.78 is 2.17. The lowest BCUT2D eigenvalue weighted by atomic mass is 10.1. The Bertz CT molecular complexity index is 816. The minimum atomic E-state index is 0.436. The maximum absolute atomic E-state index is 6.13. The summed E-state index contributed by atoms with van der Waals surface area (Å²) >= 11 is 0. The molecule has 3 aromatic rings. The van der Waals surface area contributed by atoms with E-state index in [4.69, 9.17) is 5.73 Å². The second-order valence-corrected chi connectivity index (χ2v) is 6.48. The summed E-state index contributed by atoms with van der Waals surface area (Å²) in [5.74, 6) is 1.29. The lowest BCUT2D eigenvalue weighted by molar-refractivity contribution is 0.507. The fourth-order valence-electron chi connectivity index (χ4n) is 3.07. The normalized spacial score (nSPS) is 20.6. The van der Waals surface area contributed by atoms with Crippen molar-refractivity contribution in [3.63, 3.8) is 0 Å². The predicted molar refractivity (Wildman–Crippen MR) is 81.3 cm³/mol. The van der Waals surface area contributed by atoms with Gasteiger partial charge in [0.1, 0.15) is 5.52 Å². The number of fused-ring (bicyclic) bond motifs is 3. The molecule has 1 saturated carbocycles. The van der Waals surface area contributed by atoms with Gasteiger partial charge in [0, 0.05) is 11.9 Å². The van der Waals surface area contributed by atoms with Crippen LogP contribution in [-0.4, -0.2) is 14.5 Å². The van der Waals surface area contributed by atoms with Gasteiger partial charge in [0.15, 0.2) is 0 Å². The van der Waals surface area contributed by atoms with E-state index >= 15 is 0 Å². The number of nitrogens with zero attached hydrogens (tertiary/aromatic N) is 3. The molecular formula is C16H18N4. The monoisotopic (exact) mass is 266 g/mol. The molecular weight excluding hydrogens is 248 g/mol. The summed E-state index contributed by atoms with van der Waals surface area (Å²) in [6.07, 6.45) is 3.08. The topological polar surface area (TPSA) is 56.7 Å². The van der Waals surface area contributed by atoms with Crippen LogP contribution in [0.5, 0.6) is 0 Å². The zero-order valence-electron chi connectivity index (χ0n) is 11.8. The van der Waals surface area contributed by atoms with Gasteiger partial charge >= 0.3 is 0 Å². The van der Waals surface area contributed by atoms with Crippen molar-refractivity contribution in [1.82, 2.24) is 14.5 Å². The van der Waals surface area contributed by atoms with Crippen LogP contribution in [0.1, 0.15) is 20.3 Å². The van der Waals surface area contributed by atoms with E-state index in [1.165, 1.54) is 6.42 Å². The Morgan fingerprint density at radius 2 is 2.05 bits per heavy atom. The van der Waals surface area contributed by atoms with E-state index in [-0.39, 0.29) is 0 Å². The van der Waals surface area contributed by atoms with Gasteiger partial charge in [0.2, 0.25) is 5.95 Å². The summed E-state index contributed by atoms with van der Waals surface area (Å²) in [7, 11) is 0. The first-order valence-electron chi connectivity index (χ1n) is 7.06. The van der Waals surface area contributed by atoms with Gasteiger partial charge in [-0.2, -0.15) is 0 Å². The number of pyridine rings is 1. The molecule has 1 unspecified atom stereocenters. The number of nitrogens with two attached hydrogens (primary N) is 1.